The van der Waals surface area contributed by atoms with E-state index < -0.39 is 0 Å². The number of guanidine groups is 1. The van der Waals surface area contributed by atoms with Gasteiger partial charge >= 0.3 is 0 Å². The van der Waals surface area contributed by atoms with Gasteiger partial charge in [0.1, 0.15) is 5.75 Å². The third kappa shape index (κ3) is 7.25. The van der Waals surface area contributed by atoms with Crippen LogP contribution < -0.4 is 15.4 Å². The Morgan fingerprint density at radius 1 is 1.12 bits per heavy atom. The first-order valence-electron chi connectivity index (χ1n) is 8.62. The SMILES string of the molecule is CN=C(NCCc1ccccc1OC)NCCN1CCCCC1.I. The summed E-state index contributed by atoms with van der Waals surface area (Å²) >= 11 is 0. The number of nitrogens with zero attached hydrogens (tertiary/aromatic N) is 2. The molecule has 1 aliphatic heterocycles. The van der Waals surface area contributed by atoms with E-state index in [0.29, 0.717) is 0 Å². The van der Waals surface area contributed by atoms with Crippen LogP contribution in [0.4, 0.5) is 0 Å². The van der Waals surface area contributed by atoms with Crippen LogP contribution in [-0.4, -0.2) is 57.7 Å². The number of para-hydroxylation sites is 1. The van der Waals surface area contributed by atoms with Crippen LogP contribution in [0.5, 0.6) is 5.75 Å². The third-order valence-corrected chi connectivity index (χ3v) is 4.27. The zero-order chi connectivity index (χ0) is 16.3. The number of methoxy groups -OCH3 is 1. The van der Waals surface area contributed by atoms with Crippen LogP contribution in [-0.2, 0) is 6.42 Å². The summed E-state index contributed by atoms with van der Waals surface area (Å²) in [7, 11) is 3.53. The van der Waals surface area contributed by atoms with Crippen LogP contribution in [0, 0.1) is 0 Å². The molecule has 0 aromatic heterocycles. The molecule has 0 radical (unpaired) electrons. The minimum absolute atomic E-state index is 0. The number of ether oxygens (including phenoxy) is 1. The number of hydrogen-bond donors (Lipinski definition) is 2. The highest BCUT2D eigenvalue weighted by atomic mass is 127. The molecule has 0 unspecified atom stereocenters. The van der Waals surface area contributed by atoms with Crippen molar-refractivity contribution in [2.75, 3.05) is 46.9 Å². The van der Waals surface area contributed by atoms with Crippen molar-refractivity contribution in [1.82, 2.24) is 15.5 Å². The maximum Gasteiger partial charge on any atom is 0.191 e. The predicted octanol–water partition coefficient (Wildman–Crippen LogP) is 2.51. The number of piperidine rings is 1. The lowest BCUT2D eigenvalue weighted by molar-refractivity contribution is 0.232. The number of rotatable bonds is 7. The van der Waals surface area contributed by atoms with E-state index in [0.717, 1.165) is 37.8 Å². The second-order valence-corrected chi connectivity index (χ2v) is 5.89. The lowest BCUT2D eigenvalue weighted by Crippen LogP contribution is -2.43. The van der Waals surface area contributed by atoms with Crippen LogP contribution in [0.3, 0.4) is 0 Å². The number of aliphatic imine (C=N–C) groups is 1. The minimum atomic E-state index is 0. The molecule has 0 atom stereocenters. The third-order valence-electron chi connectivity index (χ3n) is 4.27. The number of hydrogen-bond acceptors (Lipinski definition) is 3. The highest BCUT2D eigenvalue weighted by molar-refractivity contribution is 14.0. The molecular weight excluding hydrogens is 415 g/mol. The van der Waals surface area contributed by atoms with Crippen LogP contribution in [0.25, 0.3) is 0 Å². The van der Waals surface area contributed by atoms with Gasteiger partial charge in [0, 0.05) is 26.7 Å². The average molecular weight is 446 g/mol. The summed E-state index contributed by atoms with van der Waals surface area (Å²) in [6, 6.07) is 8.15. The molecule has 0 aliphatic carbocycles. The first-order valence-corrected chi connectivity index (χ1v) is 8.62. The van der Waals surface area contributed by atoms with Gasteiger partial charge in [0.15, 0.2) is 5.96 Å². The number of nitrogens with one attached hydrogen (secondary N) is 2. The van der Waals surface area contributed by atoms with Crippen molar-refractivity contribution >= 4 is 29.9 Å². The van der Waals surface area contributed by atoms with E-state index >= 15 is 0 Å². The molecule has 0 amide bonds. The van der Waals surface area contributed by atoms with Crippen molar-refractivity contribution in [3.8, 4) is 5.75 Å². The Balaban J connectivity index is 0.00000288. The Bertz CT molecular complexity index is 490. The van der Waals surface area contributed by atoms with Gasteiger partial charge in [-0.15, -0.1) is 24.0 Å². The van der Waals surface area contributed by atoms with Gasteiger partial charge in [-0.1, -0.05) is 24.6 Å². The smallest absolute Gasteiger partial charge is 0.191 e. The van der Waals surface area contributed by atoms with Crippen molar-refractivity contribution in [3.05, 3.63) is 29.8 Å². The zero-order valence-corrected chi connectivity index (χ0v) is 17.2. The number of halogens is 1. The van der Waals surface area contributed by atoms with Crippen molar-refractivity contribution < 1.29 is 4.74 Å². The average Bonchev–Trinajstić information content (AvgIpc) is 2.61. The minimum Gasteiger partial charge on any atom is -0.496 e. The molecule has 1 heterocycles. The Morgan fingerprint density at radius 3 is 2.54 bits per heavy atom. The van der Waals surface area contributed by atoms with E-state index in [-0.39, 0.29) is 24.0 Å². The van der Waals surface area contributed by atoms with Crippen molar-refractivity contribution in [2.24, 2.45) is 4.99 Å². The van der Waals surface area contributed by atoms with Crippen LogP contribution in [0.1, 0.15) is 24.8 Å². The molecule has 2 N–H and O–H groups in total. The van der Waals surface area contributed by atoms with Crippen LogP contribution >= 0.6 is 24.0 Å². The maximum absolute atomic E-state index is 5.38. The Morgan fingerprint density at radius 2 is 1.83 bits per heavy atom. The first kappa shape index (κ1) is 21.0. The quantitative estimate of drug-likeness (QED) is 0.384. The monoisotopic (exact) mass is 446 g/mol. The van der Waals surface area contributed by atoms with Crippen molar-refractivity contribution in [3.63, 3.8) is 0 Å². The Labute approximate surface area is 163 Å². The van der Waals surface area contributed by atoms with E-state index in [2.05, 4.69) is 26.6 Å². The van der Waals surface area contributed by atoms with Gasteiger partial charge in [-0.3, -0.25) is 4.99 Å². The summed E-state index contributed by atoms with van der Waals surface area (Å²) in [5.41, 5.74) is 1.21. The first-order chi connectivity index (χ1) is 11.3. The second-order valence-electron chi connectivity index (χ2n) is 5.89. The largest absolute Gasteiger partial charge is 0.496 e. The maximum atomic E-state index is 5.38. The topological polar surface area (TPSA) is 48.9 Å². The van der Waals surface area contributed by atoms with Gasteiger partial charge in [0.25, 0.3) is 0 Å². The zero-order valence-electron chi connectivity index (χ0n) is 14.9. The Kier molecular flexibility index (Phi) is 10.8. The molecule has 0 spiro atoms. The summed E-state index contributed by atoms with van der Waals surface area (Å²) in [6.07, 6.45) is 4.98. The second kappa shape index (κ2) is 12.4. The fourth-order valence-electron chi connectivity index (χ4n) is 2.96. The predicted molar refractivity (Wildman–Crippen MR) is 112 cm³/mol. The molecule has 1 aliphatic rings. The molecule has 24 heavy (non-hydrogen) atoms. The van der Waals surface area contributed by atoms with E-state index in [4.69, 9.17) is 4.74 Å². The van der Waals surface area contributed by atoms with Crippen molar-refractivity contribution in [2.45, 2.75) is 25.7 Å². The van der Waals surface area contributed by atoms with Gasteiger partial charge in [-0.2, -0.15) is 0 Å². The van der Waals surface area contributed by atoms with Gasteiger partial charge in [-0.25, -0.2) is 0 Å². The van der Waals surface area contributed by atoms with E-state index in [9.17, 15) is 0 Å². The summed E-state index contributed by atoms with van der Waals surface area (Å²) < 4.78 is 5.38. The molecular formula is C18H31IN4O. The molecule has 1 aromatic carbocycles. The molecule has 136 valence electrons. The fourth-order valence-corrected chi connectivity index (χ4v) is 2.96. The standard InChI is InChI=1S/C18H30N4O.HI/c1-19-18(21-12-15-22-13-6-3-7-14-22)20-11-10-16-8-4-5-9-17(16)23-2;/h4-5,8-9H,3,6-7,10-15H2,1-2H3,(H2,19,20,21);1H. The van der Waals surface area contributed by atoms with E-state index in [1.165, 1.54) is 37.9 Å². The molecule has 5 nitrogen and oxygen atoms in total. The molecule has 1 saturated heterocycles. The molecule has 2 rings (SSSR count). The van der Waals surface area contributed by atoms with Gasteiger partial charge in [0.2, 0.25) is 0 Å². The molecule has 6 heteroatoms. The van der Waals surface area contributed by atoms with E-state index in [1.54, 1.807) is 7.11 Å². The lowest BCUT2D eigenvalue weighted by Gasteiger charge is -2.26. The highest BCUT2D eigenvalue weighted by Crippen LogP contribution is 2.17. The Hall–Kier alpha value is -1.02. The number of benzene rings is 1. The van der Waals surface area contributed by atoms with Crippen molar-refractivity contribution in [1.29, 1.82) is 0 Å². The molecule has 0 saturated carbocycles. The summed E-state index contributed by atoms with van der Waals surface area (Å²) in [5.74, 6) is 1.82. The molecule has 1 aromatic rings. The summed E-state index contributed by atoms with van der Waals surface area (Å²) in [5, 5.41) is 6.77. The summed E-state index contributed by atoms with van der Waals surface area (Å²) in [6.45, 7) is 5.34. The normalized spacial score (nSPS) is 15.5. The molecule has 0 bridgehead atoms. The van der Waals surface area contributed by atoms with E-state index in [1.807, 2.05) is 25.2 Å². The van der Waals surface area contributed by atoms with Gasteiger partial charge in [-0.05, 0) is 44.0 Å². The highest BCUT2D eigenvalue weighted by Gasteiger charge is 2.09. The van der Waals surface area contributed by atoms with Gasteiger partial charge in [0.05, 0.1) is 7.11 Å². The van der Waals surface area contributed by atoms with Gasteiger partial charge < -0.3 is 20.3 Å². The summed E-state index contributed by atoms with van der Waals surface area (Å²) in [4.78, 5) is 6.82. The lowest BCUT2D eigenvalue weighted by atomic mass is 10.1. The fraction of sp³-hybridized carbons (Fsp3) is 0.611. The van der Waals surface area contributed by atoms with Crippen LogP contribution in [0.2, 0.25) is 0 Å². The molecule has 1 fully saturated rings. The van der Waals surface area contributed by atoms with Crippen LogP contribution in [0.15, 0.2) is 29.3 Å². The number of likely N-dealkylation sites (tertiary alicyclic amines) is 1.